The van der Waals surface area contributed by atoms with E-state index >= 15 is 0 Å². The molecule has 0 saturated carbocycles. The van der Waals surface area contributed by atoms with Crippen molar-refractivity contribution in [2.45, 2.75) is 58.4 Å². The maximum absolute atomic E-state index is 13.0. The summed E-state index contributed by atoms with van der Waals surface area (Å²) in [6.45, 7) is 10.2. The lowest BCUT2D eigenvalue weighted by molar-refractivity contribution is -0.160. The van der Waals surface area contributed by atoms with Crippen molar-refractivity contribution >= 4 is 5.97 Å². The number of benzene rings is 1. The molecule has 2 saturated heterocycles. The van der Waals surface area contributed by atoms with Crippen LogP contribution in [0.3, 0.4) is 0 Å². The maximum Gasteiger partial charge on any atom is 0.313 e. The van der Waals surface area contributed by atoms with Crippen LogP contribution in [0.15, 0.2) is 30.3 Å². The Bertz CT molecular complexity index is 583. The Morgan fingerprint density at radius 2 is 1.89 bits per heavy atom. The van der Waals surface area contributed by atoms with Crippen molar-refractivity contribution in [3.05, 3.63) is 35.9 Å². The maximum atomic E-state index is 13.0. The fraction of sp³-hybridized carbons (Fsp3) is 0.696. The molecule has 4 heteroatoms. The molecule has 0 N–H and O–H groups in total. The molecule has 0 bridgehead atoms. The van der Waals surface area contributed by atoms with Crippen molar-refractivity contribution < 1.29 is 9.53 Å². The summed E-state index contributed by atoms with van der Waals surface area (Å²) in [6.07, 6.45) is 6.50. The number of carbonyl (C=O) groups excluding carboxylic acids is 1. The zero-order chi connectivity index (χ0) is 19.1. The number of rotatable bonds is 7. The molecule has 1 aromatic carbocycles. The summed E-state index contributed by atoms with van der Waals surface area (Å²) in [7, 11) is 0. The number of esters is 1. The first-order valence-corrected chi connectivity index (χ1v) is 10.8. The highest BCUT2D eigenvalue weighted by molar-refractivity contribution is 5.77. The molecule has 150 valence electrons. The Kier molecular flexibility index (Phi) is 7.31. The van der Waals surface area contributed by atoms with Crippen LogP contribution in [0.4, 0.5) is 0 Å². The average Bonchev–Trinajstić information content (AvgIpc) is 2.70. The van der Waals surface area contributed by atoms with E-state index < -0.39 is 5.41 Å². The van der Waals surface area contributed by atoms with E-state index in [-0.39, 0.29) is 5.97 Å². The summed E-state index contributed by atoms with van der Waals surface area (Å²) in [5.41, 5.74) is 0.848. The van der Waals surface area contributed by atoms with Crippen molar-refractivity contribution in [2.24, 2.45) is 5.41 Å². The second-order valence-electron chi connectivity index (χ2n) is 8.31. The molecular weight excluding hydrogens is 336 g/mol. The first-order valence-electron chi connectivity index (χ1n) is 10.8. The fourth-order valence-corrected chi connectivity index (χ4v) is 4.96. The van der Waals surface area contributed by atoms with Crippen LogP contribution in [0.1, 0.15) is 51.5 Å². The SMILES string of the molecule is CCCN1CCC(N2CCC[C@@](Cc3ccccc3)(C(=O)OCC)C2)CC1. The summed E-state index contributed by atoms with van der Waals surface area (Å²) in [4.78, 5) is 18.2. The summed E-state index contributed by atoms with van der Waals surface area (Å²) < 4.78 is 5.57. The van der Waals surface area contributed by atoms with Gasteiger partial charge in [-0.05, 0) is 77.2 Å². The van der Waals surface area contributed by atoms with E-state index in [2.05, 4.69) is 41.0 Å². The monoisotopic (exact) mass is 372 g/mol. The van der Waals surface area contributed by atoms with Gasteiger partial charge in [-0.15, -0.1) is 0 Å². The molecule has 0 spiro atoms. The molecule has 0 aliphatic carbocycles. The summed E-state index contributed by atoms with van der Waals surface area (Å²) in [5, 5.41) is 0. The molecule has 4 nitrogen and oxygen atoms in total. The first kappa shape index (κ1) is 20.3. The smallest absolute Gasteiger partial charge is 0.313 e. The average molecular weight is 373 g/mol. The van der Waals surface area contributed by atoms with Crippen molar-refractivity contribution in [2.75, 3.05) is 39.3 Å². The lowest BCUT2D eigenvalue weighted by atomic mass is 9.74. The third-order valence-electron chi connectivity index (χ3n) is 6.31. The van der Waals surface area contributed by atoms with E-state index in [0.717, 1.165) is 32.4 Å². The van der Waals surface area contributed by atoms with Crippen molar-refractivity contribution in [3.8, 4) is 0 Å². The largest absolute Gasteiger partial charge is 0.466 e. The van der Waals surface area contributed by atoms with Crippen LogP contribution in [0, 0.1) is 5.41 Å². The normalized spacial score (nSPS) is 25.4. The first-order chi connectivity index (χ1) is 13.2. The van der Waals surface area contributed by atoms with Crippen LogP contribution in [0.5, 0.6) is 0 Å². The van der Waals surface area contributed by atoms with Gasteiger partial charge in [0.05, 0.1) is 12.0 Å². The lowest BCUT2D eigenvalue weighted by Crippen LogP contribution is -2.55. The summed E-state index contributed by atoms with van der Waals surface area (Å²) >= 11 is 0. The van der Waals surface area contributed by atoms with Gasteiger partial charge in [-0.2, -0.15) is 0 Å². The Morgan fingerprint density at radius 1 is 1.15 bits per heavy atom. The molecule has 0 radical (unpaired) electrons. The predicted molar refractivity (Wildman–Crippen MR) is 110 cm³/mol. The second kappa shape index (κ2) is 9.70. The number of likely N-dealkylation sites (tertiary alicyclic amines) is 2. The predicted octanol–water partition coefficient (Wildman–Crippen LogP) is 3.75. The van der Waals surface area contributed by atoms with Gasteiger partial charge in [0.15, 0.2) is 0 Å². The highest BCUT2D eigenvalue weighted by Crippen LogP contribution is 2.37. The quantitative estimate of drug-likeness (QED) is 0.683. The van der Waals surface area contributed by atoms with E-state index in [9.17, 15) is 4.79 Å². The highest BCUT2D eigenvalue weighted by atomic mass is 16.5. The Labute approximate surface area is 164 Å². The molecule has 0 unspecified atom stereocenters. The van der Waals surface area contributed by atoms with E-state index in [1.165, 1.54) is 44.5 Å². The summed E-state index contributed by atoms with van der Waals surface area (Å²) in [6, 6.07) is 11.1. The van der Waals surface area contributed by atoms with Gasteiger partial charge in [-0.1, -0.05) is 37.3 Å². The van der Waals surface area contributed by atoms with Crippen molar-refractivity contribution in [1.29, 1.82) is 0 Å². The molecule has 0 aromatic heterocycles. The number of piperidine rings is 2. The van der Waals surface area contributed by atoms with E-state index in [1.54, 1.807) is 0 Å². The molecule has 1 atom stereocenters. The molecule has 2 fully saturated rings. The van der Waals surface area contributed by atoms with E-state index in [1.807, 2.05) is 13.0 Å². The molecule has 27 heavy (non-hydrogen) atoms. The Morgan fingerprint density at radius 3 is 2.56 bits per heavy atom. The Balaban J connectivity index is 1.71. The van der Waals surface area contributed by atoms with E-state index in [0.29, 0.717) is 12.6 Å². The molecule has 2 aliphatic heterocycles. The van der Waals surface area contributed by atoms with Gasteiger partial charge in [0, 0.05) is 12.6 Å². The minimum absolute atomic E-state index is 0.00183. The highest BCUT2D eigenvalue weighted by Gasteiger charge is 2.45. The molecular formula is C23H36N2O2. The number of nitrogens with zero attached hydrogens (tertiary/aromatic N) is 2. The van der Waals surface area contributed by atoms with Crippen molar-refractivity contribution in [1.82, 2.24) is 9.80 Å². The molecule has 2 heterocycles. The van der Waals surface area contributed by atoms with Crippen LogP contribution in [0.2, 0.25) is 0 Å². The van der Waals surface area contributed by atoms with Gasteiger partial charge < -0.3 is 9.64 Å². The molecule has 0 amide bonds. The topological polar surface area (TPSA) is 32.8 Å². The number of ether oxygens (including phenoxy) is 1. The minimum Gasteiger partial charge on any atom is -0.466 e. The van der Waals surface area contributed by atoms with Gasteiger partial charge in [-0.3, -0.25) is 9.69 Å². The van der Waals surface area contributed by atoms with Gasteiger partial charge in [0.2, 0.25) is 0 Å². The van der Waals surface area contributed by atoms with Gasteiger partial charge in [0.25, 0.3) is 0 Å². The van der Waals surface area contributed by atoms with Crippen LogP contribution in [-0.4, -0.2) is 61.1 Å². The standard InChI is InChI=1S/C23H36N2O2/c1-3-14-24-16-11-21(12-17-24)25-15-8-13-23(19-25,22(26)27-4-2)18-20-9-6-5-7-10-20/h5-7,9-10,21H,3-4,8,11-19H2,1-2H3/t23-/m0/s1. The number of hydrogen-bond donors (Lipinski definition) is 0. The third kappa shape index (κ3) is 5.11. The minimum atomic E-state index is -0.393. The summed E-state index contributed by atoms with van der Waals surface area (Å²) in [5.74, 6) is 0.00183. The number of hydrogen-bond acceptors (Lipinski definition) is 4. The van der Waals surface area contributed by atoms with E-state index in [4.69, 9.17) is 4.74 Å². The lowest BCUT2D eigenvalue weighted by Gasteiger charge is -2.46. The molecule has 1 aromatic rings. The number of carbonyl (C=O) groups is 1. The van der Waals surface area contributed by atoms with Gasteiger partial charge in [-0.25, -0.2) is 0 Å². The fourth-order valence-electron chi connectivity index (χ4n) is 4.96. The molecule has 3 rings (SSSR count). The van der Waals surface area contributed by atoms with Gasteiger partial charge in [0.1, 0.15) is 0 Å². The van der Waals surface area contributed by atoms with Crippen LogP contribution in [0.25, 0.3) is 0 Å². The zero-order valence-corrected chi connectivity index (χ0v) is 17.2. The third-order valence-corrected chi connectivity index (χ3v) is 6.31. The van der Waals surface area contributed by atoms with Crippen LogP contribution < -0.4 is 0 Å². The van der Waals surface area contributed by atoms with Crippen LogP contribution in [-0.2, 0) is 16.0 Å². The second-order valence-corrected chi connectivity index (χ2v) is 8.31. The zero-order valence-electron chi connectivity index (χ0n) is 17.2. The van der Waals surface area contributed by atoms with Gasteiger partial charge >= 0.3 is 5.97 Å². The Hall–Kier alpha value is -1.39. The van der Waals surface area contributed by atoms with Crippen LogP contribution >= 0.6 is 0 Å². The van der Waals surface area contributed by atoms with Crippen molar-refractivity contribution in [3.63, 3.8) is 0 Å². The molecule has 2 aliphatic rings.